The van der Waals surface area contributed by atoms with Gasteiger partial charge in [0.15, 0.2) is 5.82 Å². The summed E-state index contributed by atoms with van der Waals surface area (Å²) in [5.74, 6) is 0.104. The maximum atomic E-state index is 15.5. The van der Waals surface area contributed by atoms with Gasteiger partial charge in [0.1, 0.15) is 17.4 Å². The van der Waals surface area contributed by atoms with E-state index in [0.29, 0.717) is 41.3 Å². The van der Waals surface area contributed by atoms with Gasteiger partial charge in [-0.2, -0.15) is 0 Å². The van der Waals surface area contributed by atoms with Crippen molar-refractivity contribution in [3.8, 4) is 11.5 Å². The van der Waals surface area contributed by atoms with Crippen molar-refractivity contribution in [1.82, 2.24) is 19.0 Å². The van der Waals surface area contributed by atoms with E-state index in [0.717, 1.165) is 35.1 Å². The van der Waals surface area contributed by atoms with Gasteiger partial charge in [-0.05, 0) is 49.4 Å². The Bertz CT molecular complexity index is 1600. The Kier molecular flexibility index (Phi) is 4.43. The minimum atomic E-state index is -0.494. The van der Waals surface area contributed by atoms with E-state index in [1.807, 2.05) is 35.8 Å². The number of amides is 2. The highest BCUT2D eigenvalue weighted by molar-refractivity contribution is 6.08. The van der Waals surface area contributed by atoms with Crippen LogP contribution in [0.25, 0.3) is 33.5 Å². The van der Waals surface area contributed by atoms with Gasteiger partial charge in [-0.15, -0.1) is 0 Å². The summed E-state index contributed by atoms with van der Waals surface area (Å²) >= 11 is 0. The van der Waals surface area contributed by atoms with Crippen LogP contribution in [-0.2, 0) is 11.8 Å². The molecule has 2 aromatic heterocycles. The smallest absolute Gasteiger partial charge is 0.254 e. The number of carbonyl (C=O) groups excluding carboxylic acids is 2. The predicted octanol–water partition coefficient (Wildman–Crippen LogP) is 3.80. The Morgan fingerprint density at radius 3 is 2.78 bits per heavy atom. The second-order valence-corrected chi connectivity index (χ2v) is 10.3. The number of piperidine rings is 1. The van der Waals surface area contributed by atoms with Crippen LogP contribution in [0.3, 0.4) is 0 Å². The summed E-state index contributed by atoms with van der Waals surface area (Å²) in [5.41, 5.74) is 9.75. The van der Waals surface area contributed by atoms with E-state index >= 15 is 4.39 Å². The standard InChI is InChI=1S/C27H27FN6O2/c1-3-19-26(35)31-17-6-4-5-13-11-21(34(19)23(13)17)25-30-18-10-15(9-16(28)24(18)32(25)2)27(36)33-12-14-7-8-20(33)22(14)29/h4-6,9-11,14,19-20,22H,3,7-8,12,29H2,1-2H3,(H,31,35)/t14-,19?,20-,22-/m1/s1. The molecule has 7 rings (SSSR count). The van der Waals surface area contributed by atoms with Crippen molar-refractivity contribution in [2.24, 2.45) is 18.7 Å². The third kappa shape index (κ3) is 2.74. The lowest BCUT2D eigenvalue weighted by atomic mass is 10.1. The second kappa shape index (κ2) is 7.39. The van der Waals surface area contributed by atoms with Gasteiger partial charge < -0.3 is 25.1 Å². The maximum Gasteiger partial charge on any atom is 0.254 e. The van der Waals surface area contributed by atoms with Crippen LogP contribution in [-0.4, -0.2) is 49.5 Å². The highest BCUT2D eigenvalue weighted by Crippen LogP contribution is 2.41. The van der Waals surface area contributed by atoms with Crippen LogP contribution >= 0.6 is 0 Å². The molecule has 1 saturated carbocycles. The van der Waals surface area contributed by atoms with E-state index in [4.69, 9.17) is 10.7 Å². The fourth-order valence-corrected chi connectivity index (χ4v) is 6.68. The van der Waals surface area contributed by atoms with E-state index in [-0.39, 0.29) is 23.9 Å². The Labute approximate surface area is 206 Å². The minimum Gasteiger partial charge on any atom is -0.334 e. The molecule has 0 spiro atoms. The summed E-state index contributed by atoms with van der Waals surface area (Å²) < 4.78 is 19.2. The molecule has 8 nitrogen and oxygen atoms in total. The zero-order valence-electron chi connectivity index (χ0n) is 20.2. The third-order valence-corrected chi connectivity index (χ3v) is 8.43. The van der Waals surface area contributed by atoms with Crippen molar-refractivity contribution in [1.29, 1.82) is 0 Å². The van der Waals surface area contributed by atoms with E-state index in [1.54, 1.807) is 22.6 Å². The number of para-hydroxylation sites is 1. The van der Waals surface area contributed by atoms with Crippen molar-refractivity contribution in [3.63, 3.8) is 0 Å². The van der Waals surface area contributed by atoms with Gasteiger partial charge in [-0.1, -0.05) is 19.1 Å². The largest absolute Gasteiger partial charge is 0.334 e. The van der Waals surface area contributed by atoms with Crippen molar-refractivity contribution in [3.05, 3.63) is 47.8 Å². The molecule has 9 heteroatoms. The van der Waals surface area contributed by atoms with Crippen LogP contribution < -0.4 is 11.1 Å². The summed E-state index contributed by atoms with van der Waals surface area (Å²) in [5, 5.41) is 3.98. The number of hydrogen-bond acceptors (Lipinski definition) is 4. The lowest BCUT2D eigenvalue weighted by Crippen LogP contribution is -2.41. The van der Waals surface area contributed by atoms with E-state index < -0.39 is 11.9 Å². The number of nitrogens with one attached hydrogen (secondary N) is 1. The van der Waals surface area contributed by atoms with Crippen LogP contribution in [0.1, 0.15) is 42.6 Å². The number of nitrogens with zero attached hydrogens (tertiary/aromatic N) is 4. The number of benzene rings is 2. The molecule has 3 aliphatic rings. The first kappa shape index (κ1) is 21.6. The van der Waals surface area contributed by atoms with Gasteiger partial charge in [0.05, 0.1) is 22.4 Å². The Morgan fingerprint density at radius 2 is 2.06 bits per heavy atom. The SMILES string of the molecule is CCC1C(=O)Nc2cccc3cc(-c4nc5cc(C(=O)N6C[C@H]7CC[C@@H]6[C@@H]7N)cc(F)c5n4C)n1c23. The first-order valence-corrected chi connectivity index (χ1v) is 12.5. The monoisotopic (exact) mass is 486 g/mol. The molecule has 36 heavy (non-hydrogen) atoms. The summed E-state index contributed by atoms with van der Waals surface area (Å²) in [6, 6.07) is 10.4. The van der Waals surface area contributed by atoms with Gasteiger partial charge >= 0.3 is 0 Å². The zero-order chi connectivity index (χ0) is 24.9. The normalized spacial score (nSPS) is 24.8. The molecular formula is C27H27FN6O2. The van der Waals surface area contributed by atoms with Crippen LogP contribution in [0.4, 0.5) is 10.1 Å². The predicted molar refractivity (Wildman–Crippen MR) is 135 cm³/mol. The third-order valence-electron chi connectivity index (χ3n) is 8.43. The number of anilines is 1. The topological polar surface area (TPSA) is 98.2 Å². The summed E-state index contributed by atoms with van der Waals surface area (Å²) in [6.07, 6.45) is 2.54. The lowest BCUT2D eigenvalue weighted by molar-refractivity contribution is -0.119. The van der Waals surface area contributed by atoms with Crippen molar-refractivity contribution >= 4 is 39.4 Å². The van der Waals surface area contributed by atoms with Gasteiger partial charge in [0.25, 0.3) is 5.91 Å². The number of likely N-dealkylation sites (tertiary alicyclic amines) is 1. The molecule has 4 aromatic rings. The number of imidazole rings is 1. The lowest BCUT2D eigenvalue weighted by Gasteiger charge is -2.27. The molecule has 2 amide bonds. The molecule has 2 aliphatic heterocycles. The van der Waals surface area contributed by atoms with Crippen LogP contribution in [0.2, 0.25) is 0 Å². The Hall–Kier alpha value is -3.72. The summed E-state index contributed by atoms with van der Waals surface area (Å²) in [4.78, 5) is 32.8. The Morgan fingerprint density at radius 1 is 1.22 bits per heavy atom. The molecule has 1 saturated heterocycles. The summed E-state index contributed by atoms with van der Waals surface area (Å²) in [7, 11) is 1.77. The molecule has 3 N–H and O–H groups in total. The molecule has 2 aromatic carbocycles. The molecular weight excluding hydrogens is 459 g/mol. The van der Waals surface area contributed by atoms with E-state index in [9.17, 15) is 9.59 Å². The summed E-state index contributed by atoms with van der Waals surface area (Å²) in [6.45, 7) is 2.60. The number of nitrogens with two attached hydrogens (primary N) is 1. The fourth-order valence-electron chi connectivity index (χ4n) is 6.68. The Balaban J connectivity index is 1.37. The molecule has 4 atom stereocenters. The van der Waals surface area contributed by atoms with Crippen LogP contribution in [0, 0.1) is 11.7 Å². The molecule has 0 radical (unpaired) electrons. The van der Waals surface area contributed by atoms with E-state index in [1.165, 1.54) is 6.07 Å². The van der Waals surface area contributed by atoms with E-state index in [2.05, 4.69) is 5.32 Å². The average molecular weight is 487 g/mol. The molecule has 1 aliphatic carbocycles. The fraction of sp³-hybridized carbons (Fsp3) is 0.370. The van der Waals surface area contributed by atoms with Crippen LogP contribution in [0.5, 0.6) is 0 Å². The number of fused-ring (bicyclic) bond motifs is 3. The first-order valence-electron chi connectivity index (χ1n) is 12.5. The highest BCUT2D eigenvalue weighted by atomic mass is 19.1. The van der Waals surface area contributed by atoms with Gasteiger partial charge in [-0.3, -0.25) is 9.59 Å². The molecule has 2 bridgehead atoms. The van der Waals surface area contributed by atoms with Gasteiger partial charge in [-0.25, -0.2) is 9.37 Å². The average Bonchev–Trinajstić information content (AvgIpc) is 3.60. The number of halogens is 1. The molecule has 184 valence electrons. The van der Waals surface area contributed by atoms with Crippen molar-refractivity contribution < 1.29 is 14.0 Å². The zero-order valence-corrected chi connectivity index (χ0v) is 20.2. The minimum absolute atomic E-state index is 0.00179. The number of carbonyl (C=O) groups is 2. The number of aromatic nitrogens is 3. The molecule has 4 heterocycles. The van der Waals surface area contributed by atoms with Crippen molar-refractivity contribution in [2.75, 3.05) is 11.9 Å². The maximum absolute atomic E-state index is 15.5. The quantitative estimate of drug-likeness (QED) is 0.460. The number of rotatable bonds is 3. The van der Waals surface area contributed by atoms with Crippen molar-refractivity contribution in [2.45, 2.75) is 44.3 Å². The number of aryl methyl sites for hydroxylation is 1. The first-order chi connectivity index (χ1) is 17.4. The second-order valence-electron chi connectivity index (χ2n) is 10.3. The molecule has 1 unspecified atom stereocenters. The number of hydrogen-bond donors (Lipinski definition) is 2. The highest BCUT2D eigenvalue weighted by Gasteiger charge is 2.47. The van der Waals surface area contributed by atoms with Gasteiger partial charge in [0.2, 0.25) is 5.91 Å². The van der Waals surface area contributed by atoms with Crippen LogP contribution in [0.15, 0.2) is 36.4 Å². The van der Waals surface area contributed by atoms with Gasteiger partial charge in [0, 0.05) is 36.6 Å². The molecule has 2 fully saturated rings.